The molecule has 1 aromatic carbocycles. The van der Waals surface area contributed by atoms with Crippen LogP contribution in [0, 0.1) is 0 Å². The molecule has 1 atom stereocenters. The largest absolute Gasteiger partial charge is 0.481 e. The number of aliphatic carboxylic acids is 1. The van der Waals surface area contributed by atoms with Gasteiger partial charge in [-0.25, -0.2) is 0 Å². The molecule has 0 spiro atoms. The zero-order valence-corrected chi connectivity index (χ0v) is 17.0. The topological polar surface area (TPSA) is 86.7 Å². The first-order valence-corrected chi connectivity index (χ1v) is 10.2. The van der Waals surface area contributed by atoms with E-state index >= 15 is 0 Å². The number of rotatable bonds is 12. The Morgan fingerprint density at radius 2 is 1.81 bits per heavy atom. The maximum absolute atomic E-state index is 12.5. The number of quaternary nitrogens is 1. The molecule has 0 heterocycles. The van der Waals surface area contributed by atoms with Crippen LogP contribution in [-0.2, 0) is 21.4 Å². The summed E-state index contributed by atoms with van der Waals surface area (Å²) in [6.45, 7) is 0.791. The SMILES string of the molecule is CN(CCCCc1ccccc1)S(=O)(=O)N[C@H](CC(=O)O)C[N+](C)(C)C. The summed E-state index contributed by atoms with van der Waals surface area (Å²) in [6, 6.07) is 9.42. The van der Waals surface area contributed by atoms with Crippen molar-refractivity contribution in [3.05, 3.63) is 35.9 Å². The summed E-state index contributed by atoms with van der Waals surface area (Å²) in [5, 5.41) is 9.04. The fraction of sp³-hybridized carbons (Fsp3) is 0.611. The molecule has 0 fully saturated rings. The number of unbranched alkanes of at least 4 members (excludes halogenated alkanes) is 1. The van der Waals surface area contributed by atoms with E-state index in [1.165, 1.54) is 16.9 Å². The maximum Gasteiger partial charge on any atom is 0.305 e. The molecule has 0 unspecified atom stereocenters. The van der Waals surface area contributed by atoms with E-state index < -0.39 is 22.2 Å². The number of likely N-dealkylation sites (N-methyl/N-ethyl adjacent to an activating group) is 1. The molecule has 0 radical (unpaired) electrons. The van der Waals surface area contributed by atoms with Gasteiger partial charge in [-0.15, -0.1) is 0 Å². The summed E-state index contributed by atoms with van der Waals surface area (Å²) in [5.74, 6) is -1.02. The van der Waals surface area contributed by atoms with Gasteiger partial charge < -0.3 is 9.59 Å². The van der Waals surface area contributed by atoms with Gasteiger partial charge in [-0.3, -0.25) is 4.79 Å². The van der Waals surface area contributed by atoms with Crippen LogP contribution in [0.4, 0.5) is 0 Å². The lowest BCUT2D eigenvalue weighted by Crippen LogP contribution is -2.52. The second-order valence-corrected chi connectivity index (χ2v) is 9.46. The van der Waals surface area contributed by atoms with Gasteiger partial charge in [0.1, 0.15) is 0 Å². The summed E-state index contributed by atoms with van der Waals surface area (Å²) in [6.07, 6.45) is 2.30. The number of nitrogens with one attached hydrogen (secondary N) is 1. The zero-order valence-electron chi connectivity index (χ0n) is 16.2. The smallest absolute Gasteiger partial charge is 0.305 e. The number of benzene rings is 1. The van der Waals surface area contributed by atoms with Crippen LogP contribution in [0.3, 0.4) is 0 Å². The van der Waals surface area contributed by atoms with Crippen LogP contribution >= 0.6 is 0 Å². The average Bonchev–Trinajstić information content (AvgIpc) is 2.49. The lowest BCUT2D eigenvalue weighted by molar-refractivity contribution is -0.871. The second-order valence-electron chi connectivity index (χ2n) is 7.65. The molecule has 0 bridgehead atoms. The van der Waals surface area contributed by atoms with Crippen molar-refractivity contribution in [3.8, 4) is 0 Å². The first kappa shape index (κ1) is 22.6. The Labute approximate surface area is 157 Å². The first-order valence-electron chi connectivity index (χ1n) is 8.79. The molecule has 1 aromatic rings. The van der Waals surface area contributed by atoms with Gasteiger partial charge >= 0.3 is 5.97 Å². The van der Waals surface area contributed by atoms with Gasteiger partial charge in [0.05, 0.1) is 40.2 Å². The molecule has 148 valence electrons. The van der Waals surface area contributed by atoms with Gasteiger partial charge in [-0.2, -0.15) is 17.4 Å². The standard InChI is InChI=1S/C18H31N3O4S/c1-20(13-9-8-12-16-10-6-5-7-11-16)26(24,25)19-17(14-18(22)23)15-21(2,3)4/h5-7,10-11,17,19H,8-9,12-15H2,1-4H3/p+1/t17-/m1/s1. The monoisotopic (exact) mass is 386 g/mol. The fourth-order valence-electron chi connectivity index (χ4n) is 2.74. The van der Waals surface area contributed by atoms with Crippen molar-refractivity contribution in [1.29, 1.82) is 0 Å². The van der Waals surface area contributed by atoms with Crippen molar-refractivity contribution in [2.45, 2.75) is 31.7 Å². The van der Waals surface area contributed by atoms with E-state index in [1.807, 2.05) is 39.3 Å². The fourth-order valence-corrected chi connectivity index (χ4v) is 3.87. The average molecular weight is 387 g/mol. The molecule has 0 aliphatic rings. The zero-order chi connectivity index (χ0) is 19.8. The van der Waals surface area contributed by atoms with Crippen molar-refractivity contribution in [1.82, 2.24) is 9.03 Å². The highest BCUT2D eigenvalue weighted by Gasteiger charge is 2.27. The van der Waals surface area contributed by atoms with Crippen LogP contribution in [0.5, 0.6) is 0 Å². The number of carboxylic acids is 1. The predicted molar refractivity (Wildman–Crippen MR) is 103 cm³/mol. The second kappa shape index (κ2) is 10.0. The Kier molecular flexibility index (Phi) is 8.69. The highest BCUT2D eigenvalue weighted by Crippen LogP contribution is 2.08. The Bertz CT molecular complexity index is 657. The van der Waals surface area contributed by atoms with Crippen molar-refractivity contribution in [3.63, 3.8) is 0 Å². The van der Waals surface area contributed by atoms with Crippen LogP contribution in [0.25, 0.3) is 0 Å². The molecule has 0 saturated heterocycles. The lowest BCUT2D eigenvalue weighted by atomic mass is 10.1. The van der Waals surface area contributed by atoms with Gasteiger partial charge in [0.15, 0.2) is 0 Å². The molecule has 0 aliphatic carbocycles. The molecule has 8 heteroatoms. The summed E-state index contributed by atoms with van der Waals surface area (Å²) < 4.78 is 29.3. The minimum Gasteiger partial charge on any atom is -0.481 e. The number of hydrogen-bond donors (Lipinski definition) is 2. The third kappa shape index (κ3) is 9.28. The first-order chi connectivity index (χ1) is 12.0. The Hall–Kier alpha value is -1.48. The Balaban J connectivity index is 2.53. The number of aryl methyl sites for hydroxylation is 1. The number of carboxylic acid groups (broad SMARTS) is 1. The van der Waals surface area contributed by atoms with Gasteiger partial charge in [0.2, 0.25) is 0 Å². The Morgan fingerprint density at radius 1 is 1.19 bits per heavy atom. The molecule has 0 amide bonds. The van der Waals surface area contributed by atoms with Crippen LogP contribution in [0.2, 0.25) is 0 Å². The number of nitrogens with zero attached hydrogens (tertiary/aromatic N) is 2. The summed E-state index contributed by atoms with van der Waals surface area (Å²) in [7, 11) is 3.51. The van der Waals surface area contributed by atoms with E-state index in [-0.39, 0.29) is 6.42 Å². The van der Waals surface area contributed by atoms with E-state index in [9.17, 15) is 13.2 Å². The lowest BCUT2D eigenvalue weighted by Gasteiger charge is -2.30. The third-order valence-electron chi connectivity index (χ3n) is 3.95. The van der Waals surface area contributed by atoms with Gasteiger partial charge in [0, 0.05) is 13.6 Å². The molecule has 7 nitrogen and oxygen atoms in total. The molecule has 1 rings (SSSR count). The van der Waals surface area contributed by atoms with E-state index in [1.54, 1.807) is 0 Å². The van der Waals surface area contributed by atoms with E-state index in [2.05, 4.69) is 16.9 Å². The molecule has 0 aromatic heterocycles. The molecule has 0 aliphatic heterocycles. The molecular formula is C18H32N3O4S+. The van der Waals surface area contributed by atoms with Crippen LogP contribution in [0.1, 0.15) is 24.8 Å². The number of carbonyl (C=O) groups is 1. The summed E-state index contributed by atoms with van der Waals surface area (Å²) in [4.78, 5) is 11.0. The van der Waals surface area contributed by atoms with Crippen molar-refractivity contribution >= 4 is 16.2 Å². The van der Waals surface area contributed by atoms with Crippen molar-refractivity contribution in [2.24, 2.45) is 0 Å². The van der Waals surface area contributed by atoms with Gasteiger partial charge in [-0.05, 0) is 24.8 Å². The van der Waals surface area contributed by atoms with Crippen molar-refractivity contribution < 1.29 is 22.8 Å². The van der Waals surface area contributed by atoms with Gasteiger partial charge in [-0.1, -0.05) is 30.3 Å². The van der Waals surface area contributed by atoms with E-state index in [0.29, 0.717) is 17.6 Å². The van der Waals surface area contributed by atoms with Gasteiger partial charge in [0.25, 0.3) is 10.2 Å². The molecule has 2 N–H and O–H groups in total. The van der Waals surface area contributed by atoms with E-state index in [0.717, 1.165) is 19.3 Å². The van der Waals surface area contributed by atoms with Crippen LogP contribution in [0.15, 0.2) is 30.3 Å². The predicted octanol–water partition coefficient (Wildman–Crippen LogP) is 1.33. The van der Waals surface area contributed by atoms with E-state index in [4.69, 9.17) is 5.11 Å². The van der Waals surface area contributed by atoms with Crippen LogP contribution in [-0.4, -0.2) is 75.6 Å². The molecule has 0 saturated carbocycles. The summed E-state index contributed by atoms with van der Waals surface area (Å²) >= 11 is 0. The highest BCUT2D eigenvalue weighted by atomic mass is 32.2. The summed E-state index contributed by atoms with van der Waals surface area (Å²) in [5.41, 5.74) is 1.24. The minimum absolute atomic E-state index is 0.239. The maximum atomic E-state index is 12.5. The third-order valence-corrected chi connectivity index (χ3v) is 5.58. The Morgan fingerprint density at radius 3 is 2.35 bits per heavy atom. The quantitative estimate of drug-likeness (QED) is 0.419. The number of hydrogen-bond acceptors (Lipinski definition) is 3. The molecule has 26 heavy (non-hydrogen) atoms. The van der Waals surface area contributed by atoms with Crippen LogP contribution < -0.4 is 4.72 Å². The highest BCUT2D eigenvalue weighted by molar-refractivity contribution is 7.87. The molecular weight excluding hydrogens is 354 g/mol. The minimum atomic E-state index is -3.71. The van der Waals surface area contributed by atoms with Crippen molar-refractivity contribution in [2.75, 3.05) is 41.3 Å². The normalized spacial score (nSPS) is 13.7.